The highest BCUT2D eigenvalue weighted by Crippen LogP contribution is 2.40. The minimum atomic E-state index is -4.69. The minimum absolute atomic E-state index is 0.0810. The molecule has 2 aliphatic rings. The summed E-state index contributed by atoms with van der Waals surface area (Å²) >= 11 is 0. The van der Waals surface area contributed by atoms with Gasteiger partial charge >= 0.3 is 0 Å². The summed E-state index contributed by atoms with van der Waals surface area (Å²) in [6.45, 7) is 1.92. The molecule has 9 nitrogen and oxygen atoms in total. The number of hydrogen-bond donors (Lipinski definition) is 2. The molecule has 0 saturated carbocycles. The molecule has 5 rings (SSSR count). The number of aryl methyl sites for hydroxylation is 1. The number of rotatable bonds is 5. The molecule has 1 aliphatic carbocycles. The molecule has 1 aliphatic heterocycles. The molecular formula is C25H28N8OS. The highest BCUT2D eigenvalue weighted by Gasteiger charge is 2.29. The van der Waals surface area contributed by atoms with E-state index in [0.29, 0.717) is 5.92 Å². The Morgan fingerprint density at radius 1 is 1.26 bits per heavy atom. The summed E-state index contributed by atoms with van der Waals surface area (Å²) in [6.07, 6.45) is -2.03. The van der Waals surface area contributed by atoms with Crippen LogP contribution < -0.4 is 10.6 Å². The molecule has 35 heavy (non-hydrogen) atoms. The van der Waals surface area contributed by atoms with Crippen LogP contribution in [0.1, 0.15) is 49.2 Å². The van der Waals surface area contributed by atoms with Gasteiger partial charge in [-0.3, -0.25) is 0 Å². The van der Waals surface area contributed by atoms with Crippen LogP contribution in [0.15, 0.2) is 40.9 Å². The van der Waals surface area contributed by atoms with Gasteiger partial charge in [0.2, 0.25) is 5.95 Å². The fourth-order valence-corrected chi connectivity index (χ4v) is 5.22. The topological polar surface area (TPSA) is 119 Å². The van der Waals surface area contributed by atoms with Crippen LogP contribution in [-0.2, 0) is 22.7 Å². The average molecular weight is 495 g/mol. The van der Waals surface area contributed by atoms with E-state index in [4.69, 9.17) is 8.22 Å². The maximum Gasteiger partial charge on any atom is 0.229 e. The van der Waals surface area contributed by atoms with E-state index in [-0.39, 0.29) is 29.0 Å². The number of hydrogen-bond acceptors (Lipinski definition) is 9. The van der Waals surface area contributed by atoms with Gasteiger partial charge in [-0.05, 0) is 73.2 Å². The van der Waals surface area contributed by atoms with E-state index in [1.807, 2.05) is 6.07 Å². The standard InChI is InChI=1S/C25H28N8OS/c1-33-14-17-7-4-6-16-10-20(11-18(15-33)23(16)17)28-25-27-13-19(12-26)24(31-25)30-21-8-5-9-22(29-21)32-35(2,3)34/h5,8-11,13,17H,4,6-7,14-15H2,1-3H3,(H2,27,28,29,30,31)/i2D3,3D3. The first-order valence-corrected chi connectivity index (χ1v) is 12.7. The molecule has 0 spiro atoms. The van der Waals surface area contributed by atoms with Crippen LogP contribution in [-0.4, -0.2) is 50.0 Å². The van der Waals surface area contributed by atoms with Gasteiger partial charge in [-0.25, -0.2) is 14.2 Å². The van der Waals surface area contributed by atoms with Gasteiger partial charge in [-0.15, -0.1) is 0 Å². The van der Waals surface area contributed by atoms with Crippen molar-refractivity contribution in [2.24, 2.45) is 4.36 Å². The summed E-state index contributed by atoms with van der Waals surface area (Å²) in [7, 11) is -2.56. The molecule has 0 saturated heterocycles. The van der Waals surface area contributed by atoms with Gasteiger partial charge < -0.3 is 15.5 Å². The first-order chi connectivity index (χ1) is 19.3. The zero-order chi connectivity index (χ0) is 29.6. The van der Waals surface area contributed by atoms with Gasteiger partial charge in [0.1, 0.15) is 17.5 Å². The first kappa shape index (κ1) is 17.0. The normalized spacial score (nSPS) is 20.5. The number of nitrogens with zero attached hydrogens (tertiary/aromatic N) is 6. The predicted molar refractivity (Wildman–Crippen MR) is 138 cm³/mol. The molecule has 1 aromatic carbocycles. The minimum Gasteiger partial charge on any atom is -0.324 e. The van der Waals surface area contributed by atoms with Crippen LogP contribution in [0.2, 0.25) is 0 Å². The quantitative estimate of drug-likeness (QED) is 0.534. The maximum absolute atomic E-state index is 12.9. The van der Waals surface area contributed by atoms with Crippen LogP contribution in [0.5, 0.6) is 0 Å². The van der Waals surface area contributed by atoms with Gasteiger partial charge in [0.05, 0.1) is 6.20 Å². The van der Waals surface area contributed by atoms with Crippen LogP contribution in [0.3, 0.4) is 0 Å². The van der Waals surface area contributed by atoms with Crippen molar-refractivity contribution in [2.45, 2.75) is 31.7 Å². The van der Waals surface area contributed by atoms with Crippen molar-refractivity contribution in [3.8, 4) is 6.07 Å². The van der Waals surface area contributed by atoms with Gasteiger partial charge in [0, 0.05) is 49.1 Å². The van der Waals surface area contributed by atoms with Crippen molar-refractivity contribution in [3.05, 3.63) is 58.8 Å². The van der Waals surface area contributed by atoms with Crippen LogP contribution in [0.25, 0.3) is 0 Å². The van der Waals surface area contributed by atoms with Gasteiger partial charge in [-0.2, -0.15) is 14.6 Å². The second-order valence-corrected chi connectivity index (χ2v) is 10.0. The van der Waals surface area contributed by atoms with E-state index in [1.54, 1.807) is 0 Å². The Morgan fingerprint density at radius 3 is 2.94 bits per heavy atom. The summed E-state index contributed by atoms with van der Waals surface area (Å²) in [6, 6.07) is 10.4. The predicted octanol–water partition coefficient (Wildman–Crippen LogP) is 4.45. The summed E-state index contributed by atoms with van der Waals surface area (Å²) < 4.78 is 61.4. The number of anilines is 4. The van der Waals surface area contributed by atoms with Crippen molar-refractivity contribution >= 4 is 38.8 Å². The van der Waals surface area contributed by atoms with Crippen molar-refractivity contribution in [2.75, 3.05) is 36.6 Å². The molecule has 3 aromatic rings. The lowest BCUT2D eigenvalue weighted by Gasteiger charge is -2.37. The third-order valence-corrected chi connectivity index (χ3v) is 6.54. The molecule has 0 bridgehead atoms. The molecule has 3 heterocycles. The summed E-state index contributed by atoms with van der Waals surface area (Å²) in [5.41, 5.74) is 5.02. The lowest BCUT2D eigenvalue weighted by Crippen LogP contribution is -2.33. The van der Waals surface area contributed by atoms with E-state index in [0.717, 1.165) is 31.6 Å². The largest absolute Gasteiger partial charge is 0.324 e. The molecule has 2 aromatic heterocycles. The maximum atomic E-state index is 12.9. The van der Waals surface area contributed by atoms with E-state index < -0.39 is 22.1 Å². The summed E-state index contributed by atoms with van der Waals surface area (Å²) in [5, 5.41) is 15.7. The lowest BCUT2D eigenvalue weighted by atomic mass is 9.77. The first-order valence-electron chi connectivity index (χ1n) is 14.2. The van der Waals surface area contributed by atoms with Gasteiger partial charge in [0.25, 0.3) is 0 Å². The van der Waals surface area contributed by atoms with Gasteiger partial charge in [-0.1, -0.05) is 6.07 Å². The van der Waals surface area contributed by atoms with Crippen molar-refractivity contribution in [1.82, 2.24) is 19.9 Å². The second kappa shape index (κ2) is 9.24. The fourth-order valence-electron chi connectivity index (χ4n) is 4.86. The third kappa shape index (κ3) is 5.26. The van der Waals surface area contributed by atoms with E-state index >= 15 is 0 Å². The summed E-state index contributed by atoms with van der Waals surface area (Å²) in [4.78, 5) is 15.2. The number of pyridine rings is 1. The highest BCUT2D eigenvalue weighted by atomic mass is 32.2. The van der Waals surface area contributed by atoms with E-state index in [1.165, 1.54) is 47.5 Å². The zero-order valence-corrected chi connectivity index (χ0v) is 19.9. The number of nitriles is 1. The Balaban J connectivity index is 1.45. The number of nitrogens with one attached hydrogen (secondary N) is 2. The van der Waals surface area contributed by atoms with Gasteiger partial charge in [0.15, 0.2) is 11.6 Å². The fraction of sp³-hybridized carbons (Fsp3) is 0.360. The second-order valence-electron chi connectivity index (χ2n) is 8.81. The molecule has 2 N–H and O–H groups in total. The Morgan fingerprint density at radius 2 is 2.11 bits per heavy atom. The molecule has 180 valence electrons. The summed E-state index contributed by atoms with van der Waals surface area (Å²) in [5.74, 6) is 0.623. The third-order valence-electron chi connectivity index (χ3n) is 6.10. The number of aromatic nitrogens is 3. The molecule has 0 radical (unpaired) electrons. The average Bonchev–Trinajstić information content (AvgIpc) is 2.87. The number of likely N-dealkylation sites (N-methyl/N-ethyl adjacent to an activating group) is 1. The SMILES string of the molecule is [2H]C([2H])([2H])S(=O)(=Nc1cccc(Nc2nc(Nc3cc4c5c(c3)CN(C)CC5CCC4)ncc2C#N)n1)C([2H])([2H])[2H]. The Bertz CT molecular complexity index is 1640. The van der Waals surface area contributed by atoms with Crippen molar-refractivity contribution in [3.63, 3.8) is 0 Å². The Hall–Kier alpha value is -3.55. The van der Waals surface area contributed by atoms with E-state index in [9.17, 15) is 9.47 Å². The van der Waals surface area contributed by atoms with Crippen molar-refractivity contribution < 1.29 is 12.4 Å². The lowest BCUT2D eigenvalue weighted by molar-refractivity contribution is 0.266. The smallest absolute Gasteiger partial charge is 0.229 e. The van der Waals surface area contributed by atoms with Crippen molar-refractivity contribution in [1.29, 1.82) is 5.26 Å². The zero-order valence-electron chi connectivity index (χ0n) is 25.1. The van der Waals surface area contributed by atoms with Crippen LogP contribution in [0, 0.1) is 11.3 Å². The van der Waals surface area contributed by atoms with Crippen LogP contribution in [0.4, 0.5) is 29.1 Å². The number of benzene rings is 1. The molecule has 0 fully saturated rings. The van der Waals surface area contributed by atoms with Crippen LogP contribution >= 0.6 is 0 Å². The van der Waals surface area contributed by atoms with E-state index in [2.05, 4.69) is 54.0 Å². The molecule has 1 atom stereocenters. The molecule has 10 heteroatoms. The molecule has 0 amide bonds. The molecular weight excluding hydrogens is 460 g/mol. The monoisotopic (exact) mass is 494 g/mol. The Labute approximate surface area is 214 Å². The highest BCUT2D eigenvalue weighted by molar-refractivity contribution is 7.92. The Kier molecular flexibility index (Phi) is 4.48. The molecule has 1 unspecified atom stereocenters.